The van der Waals surface area contributed by atoms with E-state index in [-0.39, 0.29) is 12.4 Å². The Balaban J connectivity index is 2.21. The van der Waals surface area contributed by atoms with Crippen LogP contribution in [0, 0.1) is 11.3 Å². The highest BCUT2D eigenvalue weighted by atomic mass is 16.7. The molecule has 0 unspecified atom stereocenters. The molecule has 3 rings (SSSR count). The Labute approximate surface area is 120 Å². The van der Waals surface area contributed by atoms with E-state index in [9.17, 15) is 10.1 Å². The van der Waals surface area contributed by atoms with E-state index < -0.39 is 5.56 Å². The van der Waals surface area contributed by atoms with Crippen molar-refractivity contribution in [2.75, 3.05) is 25.8 Å². The minimum absolute atomic E-state index is 0.0283. The summed E-state index contributed by atoms with van der Waals surface area (Å²) in [6, 6.07) is 7.09. The van der Waals surface area contributed by atoms with Gasteiger partial charge in [0.05, 0.1) is 5.69 Å². The maximum absolute atomic E-state index is 12.0. The predicted octanol–water partition coefficient (Wildman–Crippen LogP) is 1.10. The van der Waals surface area contributed by atoms with Crippen LogP contribution in [-0.2, 0) is 0 Å². The lowest BCUT2D eigenvalue weighted by Gasteiger charge is -2.13. The lowest BCUT2D eigenvalue weighted by Crippen LogP contribution is -2.21. The number of aromatic amines is 1. The number of benzene rings is 1. The van der Waals surface area contributed by atoms with Crippen LogP contribution >= 0.6 is 0 Å². The van der Waals surface area contributed by atoms with Crippen molar-refractivity contribution in [3.05, 3.63) is 34.1 Å². The first-order valence-corrected chi connectivity index (χ1v) is 6.22. The number of aromatic nitrogens is 2. The second-order valence-electron chi connectivity index (χ2n) is 4.69. The molecule has 0 saturated heterocycles. The van der Waals surface area contributed by atoms with Gasteiger partial charge in [0.1, 0.15) is 11.6 Å². The van der Waals surface area contributed by atoms with Crippen molar-refractivity contribution in [1.82, 2.24) is 9.97 Å². The van der Waals surface area contributed by atoms with E-state index in [0.29, 0.717) is 28.7 Å². The van der Waals surface area contributed by atoms with Gasteiger partial charge in [-0.15, -0.1) is 0 Å². The highest BCUT2D eigenvalue weighted by Crippen LogP contribution is 2.35. The van der Waals surface area contributed by atoms with Crippen LogP contribution in [0.1, 0.15) is 5.56 Å². The van der Waals surface area contributed by atoms with Gasteiger partial charge in [0, 0.05) is 19.7 Å². The van der Waals surface area contributed by atoms with Crippen LogP contribution in [0.25, 0.3) is 11.3 Å². The molecule has 1 aliphatic heterocycles. The number of hydrogen-bond acceptors (Lipinski definition) is 6. The van der Waals surface area contributed by atoms with Gasteiger partial charge in [-0.25, -0.2) is 4.98 Å². The van der Waals surface area contributed by atoms with Crippen molar-refractivity contribution in [1.29, 1.82) is 5.26 Å². The zero-order valence-corrected chi connectivity index (χ0v) is 11.5. The minimum Gasteiger partial charge on any atom is -0.454 e. The molecular weight excluding hydrogens is 272 g/mol. The van der Waals surface area contributed by atoms with E-state index >= 15 is 0 Å². The van der Waals surface area contributed by atoms with Crippen molar-refractivity contribution in [3.8, 4) is 28.8 Å². The van der Waals surface area contributed by atoms with Crippen molar-refractivity contribution in [3.63, 3.8) is 0 Å². The minimum atomic E-state index is -0.469. The zero-order valence-electron chi connectivity index (χ0n) is 11.5. The first-order chi connectivity index (χ1) is 10.1. The predicted molar refractivity (Wildman–Crippen MR) is 75.5 cm³/mol. The fourth-order valence-corrected chi connectivity index (χ4v) is 2.03. The van der Waals surface area contributed by atoms with Crippen LogP contribution in [0.4, 0.5) is 5.95 Å². The smallest absolute Gasteiger partial charge is 0.270 e. The second-order valence-corrected chi connectivity index (χ2v) is 4.69. The molecule has 0 aliphatic carbocycles. The third kappa shape index (κ3) is 2.17. The van der Waals surface area contributed by atoms with Crippen LogP contribution in [-0.4, -0.2) is 30.9 Å². The molecule has 0 saturated carbocycles. The van der Waals surface area contributed by atoms with Gasteiger partial charge in [0.25, 0.3) is 5.56 Å². The number of ether oxygens (including phenoxy) is 2. The molecule has 1 N–H and O–H groups in total. The Bertz CT molecular complexity index is 805. The van der Waals surface area contributed by atoms with Gasteiger partial charge in [-0.2, -0.15) is 5.26 Å². The lowest BCUT2D eigenvalue weighted by atomic mass is 10.1. The number of H-pyrrole nitrogens is 1. The van der Waals surface area contributed by atoms with Gasteiger partial charge in [-0.3, -0.25) is 9.78 Å². The third-order valence-electron chi connectivity index (χ3n) is 3.09. The van der Waals surface area contributed by atoms with E-state index in [2.05, 4.69) is 9.97 Å². The summed E-state index contributed by atoms with van der Waals surface area (Å²) >= 11 is 0. The molecule has 1 aromatic heterocycles. The molecule has 0 atom stereocenters. The summed E-state index contributed by atoms with van der Waals surface area (Å²) in [5, 5.41) is 9.20. The Morgan fingerprint density at radius 2 is 2.10 bits per heavy atom. The van der Waals surface area contributed by atoms with E-state index in [1.807, 2.05) is 6.07 Å². The molecule has 0 fully saturated rings. The summed E-state index contributed by atoms with van der Waals surface area (Å²) in [5.41, 5.74) is 0.455. The Morgan fingerprint density at radius 1 is 1.33 bits per heavy atom. The molecule has 7 nitrogen and oxygen atoms in total. The summed E-state index contributed by atoms with van der Waals surface area (Å²) in [5.74, 6) is 1.59. The fraction of sp³-hybridized carbons (Fsp3) is 0.214. The van der Waals surface area contributed by atoms with E-state index in [4.69, 9.17) is 9.47 Å². The van der Waals surface area contributed by atoms with Crippen molar-refractivity contribution < 1.29 is 9.47 Å². The number of nitrogens with zero attached hydrogens (tertiary/aromatic N) is 3. The summed E-state index contributed by atoms with van der Waals surface area (Å²) in [6.45, 7) is 0.162. The summed E-state index contributed by atoms with van der Waals surface area (Å²) in [7, 11) is 3.52. The maximum atomic E-state index is 12.0. The van der Waals surface area contributed by atoms with Crippen LogP contribution in [0.5, 0.6) is 11.5 Å². The maximum Gasteiger partial charge on any atom is 0.270 e. The van der Waals surface area contributed by atoms with E-state index in [0.717, 1.165) is 0 Å². The second kappa shape index (κ2) is 4.83. The average molecular weight is 284 g/mol. The highest BCUT2D eigenvalue weighted by Gasteiger charge is 2.18. The van der Waals surface area contributed by atoms with Crippen molar-refractivity contribution in [2.24, 2.45) is 0 Å². The number of hydrogen-bond donors (Lipinski definition) is 1. The Kier molecular flexibility index (Phi) is 2.99. The summed E-state index contributed by atoms with van der Waals surface area (Å²) in [4.78, 5) is 20.6. The molecule has 106 valence electrons. The molecule has 2 aromatic rings. The molecule has 0 radical (unpaired) electrons. The third-order valence-corrected chi connectivity index (χ3v) is 3.09. The topological polar surface area (TPSA) is 91.2 Å². The fourth-order valence-electron chi connectivity index (χ4n) is 2.03. The first kappa shape index (κ1) is 13.0. The average Bonchev–Trinajstić information content (AvgIpc) is 2.93. The molecule has 0 amide bonds. The lowest BCUT2D eigenvalue weighted by molar-refractivity contribution is 0.174. The normalized spacial score (nSPS) is 12.0. The van der Waals surface area contributed by atoms with Gasteiger partial charge in [0.2, 0.25) is 12.7 Å². The van der Waals surface area contributed by atoms with E-state index in [1.54, 1.807) is 37.2 Å². The molecule has 2 heterocycles. The quantitative estimate of drug-likeness (QED) is 0.888. The van der Waals surface area contributed by atoms with Crippen molar-refractivity contribution >= 4 is 5.95 Å². The summed E-state index contributed by atoms with van der Waals surface area (Å²) in [6.07, 6.45) is 0. The molecular formula is C14H12N4O3. The molecule has 1 aromatic carbocycles. The van der Waals surface area contributed by atoms with Gasteiger partial charge in [-0.05, 0) is 18.2 Å². The zero-order chi connectivity index (χ0) is 15.0. The van der Waals surface area contributed by atoms with Gasteiger partial charge in [0.15, 0.2) is 11.5 Å². The van der Waals surface area contributed by atoms with Crippen molar-refractivity contribution in [2.45, 2.75) is 0 Å². The Hall–Kier alpha value is -3.01. The largest absolute Gasteiger partial charge is 0.454 e. The standard InChI is InChI=1S/C14H12N4O3/c1-18(2)14-16-12(9(6-15)13(19)17-14)8-3-4-10-11(5-8)21-7-20-10/h3-5H,7H2,1-2H3,(H,16,17,19). The monoisotopic (exact) mass is 284 g/mol. The number of nitriles is 1. The van der Waals surface area contributed by atoms with Crippen LogP contribution in [0.15, 0.2) is 23.0 Å². The van der Waals surface area contributed by atoms with Gasteiger partial charge >= 0.3 is 0 Å². The number of fused-ring (bicyclic) bond motifs is 1. The van der Waals surface area contributed by atoms with Gasteiger partial charge in [-0.1, -0.05) is 0 Å². The molecule has 1 aliphatic rings. The number of rotatable bonds is 2. The molecule has 0 bridgehead atoms. The molecule has 7 heteroatoms. The van der Waals surface area contributed by atoms with Gasteiger partial charge < -0.3 is 14.4 Å². The SMILES string of the molecule is CN(C)c1nc(-c2ccc3c(c2)OCO3)c(C#N)c(=O)[nH]1. The van der Waals surface area contributed by atoms with Crippen LogP contribution in [0.2, 0.25) is 0 Å². The summed E-state index contributed by atoms with van der Waals surface area (Å²) < 4.78 is 10.6. The Morgan fingerprint density at radius 3 is 2.81 bits per heavy atom. The first-order valence-electron chi connectivity index (χ1n) is 6.22. The number of nitrogens with one attached hydrogen (secondary N) is 1. The highest BCUT2D eigenvalue weighted by molar-refractivity contribution is 5.70. The van der Waals surface area contributed by atoms with Crippen LogP contribution in [0.3, 0.4) is 0 Å². The van der Waals surface area contributed by atoms with E-state index in [1.165, 1.54) is 0 Å². The molecule has 0 spiro atoms. The van der Waals surface area contributed by atoms with Crippen LogP contribution < -0.4 is 19.9 Å². The molecule has 21 heavy (non-hydrogen) atoms. The number of anilines is 1.